The summed E-state index contributed by atoms with van der Waals surface area (Å²) in [6, 6.07) is 9.72. The lowest BCUT2D eigenvalue weighted by molar-refractivity contribution is -0.117. The summed E-state index contributed by atoms with van der Waals surface area (Å²) in [6.45, 7) is 5.74. The van der Waals surface area contributed by atoms with Gasteiger partial charge in [0.2, 0.25) is 0 Å². The van der Waals surface area contributed by atoms with Gasteiger partial charge < -0.3 is 15.4 Å². The van der Waals surface area contributed by atoms with Gasteiger partial charge in [0.1, 0.15) is 11.6 Å². The zero-order chi connectivity index (χ0) is 16.2. The van der Waals surface area contributed by atoms with Crippen LogP contribution in [0.25, 0.3) is 0 Å². The van der Waals surface area contributed by atoms with Crippen LogP contribution in [-0.2, 0) is 16.0 Å². The Hall–Kier alpha value is -2.32. The molecule has 0 saturated carbocycles. The van der Waals surface area contributed by atoms with Crippen LogP contribution in [0.4, 0.5) is 5.69 Å². The van der Waals surface area contributed by atoms with Crippen molar-refractivity contribution in [1.29, 1.82) is 5.26 Å². The predicted octanol–water partition coefficient (Wildman–Crippen LogP) is 2.61. The minimum absolute atomic E-state index is 0.0577. The van der Waals surface area contributed by atoms with Crippen LogP contribution in [-0.4, -0.2) is 25.7 Å². The fourth-order valence-electron chi connectivity index (χ4n) is 1.88. The number of carbonyl (C=O) groups is 1. The van der Waals surface area contributed by atoms with Crippen molar-refractivity contribution in [2.24, 2.45) is 0 Å². The zero-order valence-electron chi connectivity index (χ0n) is 13.2. The quantitative estimate of drug-likeness (QED) is 0.418. The maximum Gasteiger partial charge on any atom is 0.263 e. The van der Waals surface area contributed by atoms with Crippen molar-refractivity contribution >= 4 is 11.6 Å². The molecule has 0 fully saturated rings. The van der Waals surface area contributed by atoms with Crippen molar-refractivity contribution in [2.75, 3.05) is 25.1 Å². The Balaban J connectivity index is 2.55. The summed E-state index contributed by atoms with van der Waals surface area (Å²) in [7, 11) is 0. The SMILES string of the molecule is CCOCCCNC(=O)/C(C#N)=C\Nc1ccccc1CC. The molecule has 0 heterocycles. The molecule has 1 aromatic rings. The first-order valence-electron chi connectivity index (χ1n) is 7.53. The molecule has 0 aliphatic heterocycles. The van der Waals surface area contributed by atoms with E-state index >= 15 is 0 Å². The standard InChI is InChI=1S/C17H23N3O2/c1-3-14-8-5-6-9-16(14)20-13-15(12-18)17(21)19-10-7-11-22-4-2/h5-6,8-9,13,20H,3-4,7,10-11H2,1-2H3,(H,19,21)/b15-13-. The van der Waals surface area contributed by atoms with Gasteiger partial charge in [0.05, 0.1) is 0 Å². The molecule has 1 amide bonds. The van der Waals surface area contributed by atoms with Crippen LogP contribution in [0.3, 0.4) is 0 Å². The number of anilines is 1. The Morgan fingerprint density at radius 3 is 2.82 bits per heavy atom. The summed E-state index contributed by atoms with van der Waals surface area (Å²) in [5.41, 5.74) is 2.09. The van der Waals surface area contributed by atoms with Crippen LogP contribution in [0.2, 0.25) is 0 Å². The molecule has 0 radical (unpaired) electrons. The second-order valence-corrected chi connectivity index (χ2v) is 4.63. The highest BCUT2D eigenvalue weighted by atomic mass is 16.5. The lowest BCUT2D eigenvalue weighted by atomic mass is 10.1. The number of ether oxygens (including phenoxy) is 1. The van der Waals surface area contributed by atoms with Crippen molar-refractivity contribution in [3.63, 3.8) is 0 Å². The van der Waals surface area contributed by atoms with E-state index in [0.717, 1.165) is 24.1 Å². The highest BCUT2D eigenvalue weighted by Gasteiger charge is 2.08. The van der Waals surface area contributed by atoms with E-state index in [1.807, 2.05) is 37.3 Å². The third-order valence-electron chi connectivity index (χ3n) is 3.09. The third kappa shape index (κ3) is 5.98. The highest BCUT2D eigenvalue weighted by molar-refractivity contribution is 5.97. The molecular weight excluding hydrogens is 278 g/mol. The number of nitrogens with one attached hydrogen (secondary N) is 2. The maximum atomic E-state index is 11.9. The van der Waals surface area contributed by atoms with E-state index in [0.29, 0.717) is 19.8 Å². The molecule has 5 nitrogen and oxygen atoms in total. The second-order valence-electron chi connectivity index (χ2n) is 4.63. The number of nitrogens with zero attached hydrogens (tertiary/aromatic N) is 1. The summed E-state index contributed by atoms with van der Waals surface area (Å²) in [5.74, 6) is -0.375. The Labute approximate surface area is 132 Å². The molecule has 1 rings (SSSR count). The summed E-state index contributed by atoms with van der Waals surface area (Å²) < 4.78 is 5.19. The fraction of sp³-hybridized carbons (Fsp3) is 0.412. The Kier molecular flexibility index (Phi) is 8.39. The average molecular weight is 301 g/mol. The predicted molar refractivity (Wildman–Crippen MR) is 87.3 cm³/mol. The van der Waals surface area contributed by atoms with E-state index < -0.39 is 0 Å². The maximum absolute atomic E-state index is 11.9. The first-order valence-corrected chi connectivity index (χ1v) is 7.53. The molecule has 2 N–H and O–H groups in total. The molecule has 0 bridgehead atoms. The van der Waals surface area contributed by atoms with E-state index in [1.165, 1.54) is 6.20 Å². The van der Waals surface area contributed by atoms with Gasteiger partial charge in [-0.2, -0.15) is 5.26 Å². The molecule has 0 unspecified atom stereocenters. The van der Waals surface area contributed by atoms with Gasteiger partial charge in [0.15, 0.2) is 0 Å². The molecule has 1 aromatic carbocycles. The third-order valence-corrected chi connectivity index (χ3v) is 3.09. The normalized spacial score (nSPS) is 10.9. The number of amides is 1. The number of rotatable bonds is 9. The summed E-state index contributed by atoms with van der Waals surface area (Å²) in [6.07, 6.45) is 3.05. The number of benzene rings is 1. The van der Waals surface area contributed by atoms with Crippen molar-refractivity contribution in [2.45, 2.75) is 26.7 Å². The molecule has 22 heavy (non-hydrogen) atoms. The van der Waals surface area contributed by atoms with Crippen molar-refractivity contribution in [3.8, 4) is 6.07 Å². The topological polar surface area (TPSA) is 74.1 Å². The number of para-hydroxylation sites is 1. The summed E-state index contributed by atoms with van der Waals surface area (Å²) in [5, 5.41) is 14.8. The van der Waals surface area contributed by atoms with E-state index in [4.69, 9.17) is 10.00 Å². The van der Waals surface area contributed by atoms with E-state index in [9.17, 15) is 4.79 Å². The largest absolute Gasteiger partial charge is 0.382 e. The molecule has 5 heteroatoms. The minimum Gasteiger partial charge on any atom is -0.382 e. The highest BCUT2D eigenvalue weighted by Crippen LogP contribution is 2.15. The van der Waals surface area contributed by atoms with Gasteiger partial charge in [-0.15, -0.1) is 0 Å². The van der Waals surface area contributed by atoms with Gasteiger partial charge in [-0.25, -0.2) is 0 Å². The molecule has 0 atom stereocenters. The van der Waals surface area contributed by atoms with Crippen LogP contribution < -0.4 is 10.6 Å². The van der Waals surface area contributed by atoms with Crippen LogP contribution in [0.1, 0.15) is 25.8 Å². The number of hydrogen-bond donors (Lipinski definition) is 2. The van der Waals surface area contributed by atoms with Gasteiger partial charge in [0, 0.05) is 31.6 Å². The Bertz CT molecular complexity index is 547. The van der Waals surface area contributed by atoms with Gasteiger partial charge >= 0.3 is 0 Å². The molecule has 0 spiro atoms. The van der Waals surface area contributed by atoms with Gasteiger partial charge in [-0.05, 0) is 31.4 Å². The number of carbonyl (C=O) groups excluding carboxylic acids is 1. The Morgan fingerprint density at radius 1 is 1.36 bits per heavy atom. The van der Waals surface area contributed by atoms with Crippen LogP contribution >= 0.6 is 0 Å². The molecule has 0 aromatic heterocycles. The number of hydrogen-bond acceptors (Lipinski definition) is 4. The van der Waals surface area contributed by atoms with Crippen LogP contribution in [0.5, 0.6) is 0 Å². The first-order chi connectivity index (χ1) is 10.7. The second kappa shape index (κ2) is 10.4. The summed E-state index contributed by atoms with van der Waals surface area (Å²) in [4.78, 5) is 11.9. The number of aryl methyl sites for hydroxylation is 1. The summed E-state index contributed by atoms with van der Waals surface area (Å²) >= 11 is 0. The molecule has 0 saturated heterocycles. The van der Waals surface area contributed by atoms with E-state index in [-0.39, 0.29) is 11.5 Å². The molecule has 0 aliphatic carbocycles. The zero-order valence-corrected chi connectivity index (χ0v) is 13.2. The smallest absolute Gasteiger partial charge is 0.263 e. The van der Waals surface area contributed by atoms with Crippen LogP contribution in [0.15, 0.2) is 36.0 Å². The van der Waals surface area contributed by atoms with E-state index in [2.05, 4.69) is 17.6 Å². The van der Waals surface area contributed by atoms with Crippen molar-refractivity contribution in [1.82, 2.24) is 5.32 Å². The fourth-order valence-corrected chi connectivity index (χ4v) is 1.88. The Morgan fingerprint density at radius 2 is 2.14 bits per heavy atom. The van der Waals surface area contributed by atoms with Crippen molar-refractivity contribution in [3.05, 3.63) is 41.6 Å². The number of nitriles is 1. The van der Waals surface area contributed by atoms with Gasteiger partial charge in [-0.3, -0.25) is 4.79 Å². The first kappa shape index (κ1) is 17.7. The van der Waals surface area contributed by atoms with Gasteiger partial charge in [-0.1, -0.05) is 25.1 Å². The van der Waals surface area contributed by atoms with Crippen LogP contribution in [0, 0.1) is 11.3 Å². The average Bonchev–Trinajstić information content (AvgIpc) is 2.55. The molecule has 0 aliphatic rings. The van der Waals surface area contributed by atoms with Gasteiger partial charge in [0.25, 0.3) is 5.91 Å². The monoisotopic (exact) mass is 301 g/mol. The lowest BCUT2D eigenvalue weighted by Crippen LogP contribution is -2.26. The van der Waals surface area contributed by atoms with Crippen molar-refractivity contribution < 1.29 is 9.53 Å². The molecular formula is C17H23N3O2. The minimum atomic E-state index is -0.375. The lowest BCUT2D eigenvalue weighted by Gasteiger charge is -2.08. The van der Waals surface area contributed by atoms with E-state index in [1.54, 1.807) is 0 Å². The molecule has 118 valence electrons.